The summed E-state index contributed by atoms with van der Waals surface area (Å²) in [5.41, 5.74) is 1.75. The number of nitrogens with zero attached hydrogens (tertiary/aromatic N) is 1. The second-order valence-corrected chi connectivity index (χ2v) is 4.87. The number of hydrogen-bond donors (Lipinski definition) is 1. The van der Waals surface area contributed by atoms with Crippen molar-refractivity contribution in [1.82, 2.24) is 4.98 Å². The zero-order valence-electron chi connectivity index (χ0n) is 12.2. The monoisotopic (exact) mass is 306 g/mol. The first-order valence-corrected chi connectivity index (χ1v) is 7.08. The van der Waals surface area contributed by atoms with Gasteiger partial charge in [0.25, 0.3) is 5.91 Å². The number of benzene rings is 2. The second-order valence-electron chi connectivity index (χ2n) is 4.87. The Bertz CT molecular complexity index is 856. The molecule has 1 amide bonds. The Morgan fingerprint density at radius 2 is 1.91 bits per heavy atom. The summed E-state index contributed by atoms with van der Waals surface area (Å²) in [5.74, 6) is 0.0672. The van der Waals surface area contributed by atoms with Crippen LogP contribution in [0.25, 0.3) is 10.9 Å². The number of carbonyl (C=O) groups is 2. The van der Waals surface area contributed by atoms with Gasteiger partial charge in [-0.1, -0.05) is 30.3 Å². The molecule has 5 heteroatoms. The third-order valence-electron chi connectivity index (χ3n) is 3.31. The van der Waals surface area contributed by atoms with Gasteiger partial charge in [-0.15, -0.1) is 0 Å². The quantitative estimate of drug-likeness (QED) is 0.736. The van der Waals surface area contributed by atoms with Crippen LogP contribution in [0, 0.1) is 0 Å². The van der Waals surface area contributed by atoms with Gasteiger partial charge >= 0.3 is 0 Å². The summed E-state index contributed by atoms with van der Waals surface area (Å²) < 4.78 is 5.41. The van der Waals surface area contributed by atoms with Crippen LogP contribution in [-0.2, 0) is 4.79 Å². The van der Waals surface area contributed by atoms with Gasteiger partial charge in [0.1, 0.15) is 5.75 Å². The van der Waals surface area contributed by atoms with Gasteiger partial charge in [0.05, 0.1) is 16.8 Å². The largest absolute Gasteiger partial charge is 0.483 e. The molecule has 0 bridgehead atoms. The predicted molar refractivity (Wildman–Crippen MR) is 87.7 cm³/mol. The zero-order chi connectivity index (χ0) is 16.1. The van der Waals surface area contributed by atoms with Crippen molar-refractivity contribution in [3.8, 4) is 5.75 Å². The summed E-state index contributed by atoms with van der Waals surface area (Å²) >= 11 is 0. The molecule has 0 aliphatic heterocycles. The molecule has 0 radical (unpaired) electrons. The molecule has 1 N–H and O–H groups in total. The van der Waals surface area contributed by atoms with Gasteiger partial charge in [0.15, 0.2) is 12.9 Å². The molecule has 23 heavy (non-hydrogen) atoms. The maximum absolute atomic E-state index is 12.1. The zero-order valence-corrected chi connectivity index (χ0v) is 12.2. The van der Waals surface area contributed by atoms with E-state index in [0.29, 0.717) is 23.3 Å². The molecule has 0 fully saturated rings. The summed E-state index contributed by atoms with van der Waals surface area (Å²) in [4.78, 5) is 27.3. The molecule has 0 unspecified atom stereocenters. The first-order chi connectivity index (χ1) is 11.3. The highest BCUT2D eigenvalue weighted by atomic mass is 16.5. The van der Waals surface area contributed by atoms with Crippen molar-refractivity contribution in [2.75, 3.05) is 11.9 Å². The van der Waals surface area contributed by atoms with Crippen LogP contribution in [0.5, 0.6) is 5.75 Å². The maximum Gasteiger partial charge on any atom is 0.262 e. The molecule has 1 aromatic heterocycles. The summed E-state index contributed by atoms with van der Waals surface area (Å²) in [6, 6.07) is 16.1. The van der Waals surface area contributed by atoms with Crippen LogP contribution >= 0.6 is 0 Å². The molecule has 2 aromatic carbocycles. The predicted octanol–water partition coefficient (Wildman–Crippen LogP) is 3.06. The Balaban J connectivity index is 1.71. The lowest BCUT2D eigenvalue weighted by Gasteiger charge is -2.10. The number of ether oxygens (including phenoxy) is 1. The van der Waals surface area contributed by atoms with Crippen molar-refractivity contribution in [1.29, 1.82) is 0 Å². The fourth-order valence-electron chi connectivity index (χ4n) is 2.24. The summed E-state index contributed by atoms with van der Waals surface area (Å²) in [7, 11) is 0. The van der Waals surface area contributed by atoms with E-state index in [0.717, 1.165) is 10.9 Å². The highest BCUT2D eigenvalue weighted by Crippen LogP contribution is 2.21. The number of anilines is 1. The van der Waals surface area contributed by atoms with Gasteiger partial charge in [0.2, 0.25) is 0 Å². The smallest absolute Gasteiger partial charge is 0.262 e. The van der Waals surface area contributed by atoms with Crippen molar-refractivity contribution in [3.05, 3.63) is 66.4 Å². The first kappa shape index (κ1) is 14.7. The van der Waals surface area contributed by atoms with Crippen LogP contribution in [0.1, 0.15) is 10.4 Å². The van der Waals surface area contributed by atoms with E-state index in [9.17, 15) is 9.59 Å². The van der Waals surface area contributed by atoms with Crippen LogP contribution in [-0.4, -0.2) is 23.8 Å². The lowest BCUT2D eigenvalue weighted by molar-refractivity contribution is -0.118. The SMILES string of the molecule is O=Cc1ccccc1OCC(=O)Nc1cccc2cccnc12. The van der Waals surface area contributed by atoms with Crippen LogP contribution in [0.3, 0.4) is 0 Å². The Morgan fingerprint density at radius 1 is 1.09 bits per heavy atom. The van der Waals surface area contributed by atoms with E-state index in [2.05, 4.69) is 10.3 Å². The van der Waals surface area contributed by atoms with E-state index in [1.807, 2.05) is 24.3 Å². The molecule has 1 heterocycles. The topological polar surface area (TPSA) is 68.3 Å². The molecule has 0 spiro atoms. The third-order valence-corrected chi connectivity index (χ3v) is 3.31. The molecular formula is C18H14N2O3. The van der Waals surface area contributed by atoms with E-state index < -0.39 is 0 Å². The second kappa shape index (κ2) is 6.70. The number of nitrogens with one attached hydrogen (secondary N) is 1. The minimum absolute atomic E-state index is 0.186. The van der Waals surface area contributed by atoms with Crippen molar-refractivity contribution in [2.24, 2.45) is 0 Å². The average molecular weight is 306 g/mol. The Morgan fingerprint density at radius 3 is 2.78 bits per heavy atom. The standard InChI is InChI=1S/C18H14N2O3/c21-11-14-5-1-2-9-16(14)23-12-17(22)20-15-8-3-6-13-7-4-10-19-18(13)15/h1-11H,12H2,(H,20,22). The van der Waals surface area contributed by atoms with Crippen LogP contribution in [0.2, 0.25) is 0 Å². The molecule has 0 aliphatic carbocycles. The van der Waals surface area contributed by atoms with Gasteiger partial charge in [-0.3, -0.25) is 14.6 Å². The van der Waals surface area contributed by atoms with Gasteiger partial charge in [-0.2, -0.15) is 0 Å². The highest BCUT2D eigenvalue weighted by molar-refractivity contribution is 6.00. The van der Waals surface area contributed by atoms with Gasteiger partial charge in [0, 0.05) is 11.6 Å². The summed E-state index contributed by atoms with van der Waals surface area (Å²) in [6.45, 7) is -0.186. The number of pyridine rings is 1. The minimum atomic E-state index is -0.316. The fraction of sp³-hybridized carbons (Fsp3) is 0.0556. The van der Waals surface area contributed by atoms with Crippen molar-refractivity contribution < 1.29 is 14.3 Å². The number of rotatable bonds is 5. The Hall–Kier alpha value is -3.21. The molecule has 0 saturated heterocycles. The van der Waals surface area contributed by atoms with E-state index >= 15 is 0 Å². The van der Waals surface area contributed by atoms with E-state index in [-0.39, 0.29) is 12.5 Å². The normalized spacial score (nSPS) is 10.3. The summed E-state index contributed by atoms with van der Waals surface area (Å²) in [5, 5.41) is 3.72. The molecule has 0 atom stereocenters. The molecule has 0 aliphatic rings. The van der Waals surface area contributed by atoms with Crippen molar-refractivity contribution in [3.63, 3.8) is 0 Å². The van der Waals surface area contributed by atoms with Crippen LogP contribution in [0.15, 0.2) is 60.8 Å². The number of hydrogen-bond acceptors (Lipinski definition) is 4. The first-order valence-electron chi connectivity index (χ1n) is 7.08. The minimum Gasteiger partial charge on any atom is -0.483 e. The lowest BCUT2D eigenvalue weighted by Crippen LogP contribution is -2.20. The number of fused-ring (bicyclic) bond motifs is 1. The Kier molecular flexibility index (Phi) is 4.29. The van der Waals surface area contributed by atoms with Crippen LogP contribution < -0.4 is 10.1 Å². The fourth-order valence-corrected chi connectivity index (χ4v) is 2.24. The molecule has 0 saturated carbocycles. The van der Waals surface area contributed by atoms with Gasteiger partial charge in [-0.25, -0.2) is 0 Å². The van der Waals surface area contributed by atoms with Crippen molar-refractivity contribution in [2.45, 2.75) is 0 Å². The Labute approximate surface area is 132 Å². The number of aromatic nitrogens is 1. The maximum atomic E-state index is 12.1. The highest BCUT2D eigenvalue weighted by Gasteiger charge is 2.09. The molecule has 114 valence electrons. The number of aldehydes is 1. The average Bonchev–Trinajstić information content (AvgIpc) is 2.60. The van der Waals surface area contributed by atoms with Gasteiger partial charge < -0.3 is 10.1 Å². The number of para-hydroxylation sites is 2. The summed E-state index contributed by atoms with van der Waals surface area (Å²) in [6.07, 6.45) is 2.37. The molecule has 5 nitrogen and oxygen atoms in total. The van der Waals surface area contributed by atoms with Crippen molar-refractivity contribution >= 4 is 28.8 Å². The molecule has 3 rings (SSSR count). The molecule has 3 aromatic rings. The van der Waals surface area contributed by atoms with E-state index in [1.54, 1.807) is 36.5 Å². The third kappa shape index (κ3) is 3.35. The van der Waals surface area contributed by atoms with Crippen LogP contribution in [0.4, 0.5) is 5.69 Å². The lowest BCUT2D eigenvalue weighted by atomic mass is 10.2. The van der Waals surface area contributed by atoms with E-state index in [1.165, 1.54) is 0 Å². The molecular weight excluding hydrogens is 292 g/mol. The number of amides is 1. The van der Waals surface area contributed by atoms with E-state index in [4.69, 9.17) is 4.74 Å². The van der Waals surface area contributed by atoms with Gasteiger partial charge in [-0.05, 0) is 24.3 Å². The number of carbonyl (C=O) groups excluding carboxylic acids is 2.